The van der Waals surface area contributed by atoms with Gasteiger partial charge in [0.1, 0.15) is 18.0 Å². The molecule has 8 heteroatoms. The SMILES string of the molecule is Cc1cc(C(=O)c2ccc(Br)c(COOC(C)(C)C)n2)nnc1Cl. The highest BCUT2D eigenvalue weighted by atomic mass is 79.9. The van der Waals surface area contributed by atoms with Gasteiger partial charge in [-0.3, -0.25) is 4.79 Å². The fourth-order valence-electron chi connectivity index (χ4n) is 1.69. The molecule has 6 nitrogen and oxygen atoms in total. The van der Waals surface area contributed by atoms with Crippen molar-refractivity contribution in [1.29, 1.82) is 0 Å². The lowest BCUT2D eigenvalue weighted by atomic mass is 10.1. The van der Waals surface area contributed by atoms with E-state index >= 15 is 0 Å². The number of aromatic nitrogens is 3. The topological polar surface area (TPSA) is 74.2 Å². The second-order valence-corrected chi connectivity index (χ2v) is 7.33. The van der Waals surface area contributed by atoms with Crippen LogP contribution in [0.25, 0.3) is 0 Å². The largest absolute Gasteiger partial charge is 0.285 e. The van der Waals surface area contributed by atoms with Gasteiger partial charge in [-0.25, -0.2) is 14.8 Å². The third kappa shape index (κ3) is 5.04. The van der Waals surface area contributed by atoms with E-state index in [1.54, 1.807) is 25.1 Å². The number of hydrogen-bond acceptors (Lipinski definition) is 6. The smallest absolute Gasteiger partial charge is 0.231 e. The second kappa shape index (κ2) is 7.65. The van der Waals surface area contributed by atoms with Crippen LogP contribution >= 0.6 is 27.5 Å². The van der Waals surface area contributed by atoms with Crippen LogP contribution in [0.15, 0.2) is 22.7 Å². The van der Waals surface area contributed by atoms with E-state index in [-0.39, 0.29) is 28.9 Å². The molecule has 0 bridgehead atoms. The molecule has 0 spiro atoms. The molecule has 0 atom stereocenters. The molecule has 0 saturated carbocycles. The van der Waals surface area contributed by atoms with E-state index in [1.807, 2.05) is 20.8 Å². The van der Waals surface area contributed by atoms with E-state index in [0.29, 0.717) is 11.3 Å². The van der Waals surface area contributed by atoms with E-state index in [4.69, 9.17) is 21.4 Å². The molecule has 2 aromatic heterocycles. The number of aryl methyl sites for hydroxylation is 1. The standard InChI is InChI=1S/C16H17BrClN3O3/c1-9-7-12(20-21-15(9)18)14(22)11-6-5-10(17)13(19-11)8-23-24-16(2,3)4/h5-7H,8H2,1-4H3. The number of nitrogens with zero attached hydrogens (tertiary/aromatic N) is 3. The first-order valence-electron chi connectivity index (χ1n) is 7.18. The summed E-state index contributed by atoms with van der Waals surface area (Å²) in [5, 5.41) is 7.84. The highest BCUT2D eigenvalue weighted by Crippen LogP contribution is 2.19. The van der Waals surface area contributed by atoms with Gasteiger partial charge in [-0.05, 0) is 67.4 Å². The molecule has 0 amide bonds. The van der Waals surface area contributed by atoms with Gasteiger partial charge < -0.3 is 0 Å². The zero-order valence-electron chi connectivity index (χ0n) is 13.8. The summed E-state index contributed by atoms with van der Waals surface area (Å²) in [6, 6.07) is 4.92. The molecular formula is C16H17BrClN3O3. The van der Waals surface area contributed by atoms with Crippen molar-refractivity contribution in [3.63, 3.8) is 0 Å². The number of rotatable bonds is 5. The Balaban J connectivity index is 2.20. The van der Waals surface area contributed by atoms with Crippen LogP contribution in [0.3, 0.4) is 0 Å². The first-order valence-corrected chi connectivity index (χ1v) is 8.35. The number of hydrogen-bond donors (Lipinski definition) is 0. The molecule has 0 aliphatic heterocycles. The van der Waals surface area contributed by atoms with Crippen molar-refractivity contribution < 1.29 is 14.6 Å². The van der Waals surface area contributed by atoms with Gasteiger partial charge >= 0.3 is 0 Å². The Bertz CT molecular complexity index is 763. The second-order valence-electron chi connectivity index (χ2n) is 6.12. The Morgan fingerprint density at radius 3 is 2.58 bits per heavy atom. The fourth-order valence-corrected chi connectivity index (χ4v) is 2.11. The summed E-state index contributed by atoms with van der Waals surface area (Å²) in [6.45, 7) is 7.47. The molecule has 0 aliphatic carbocycles. The summed E-state index contributed by atoms with van der Waals surface area (Å²) in [5.74, 6) is -0.340. The van der Waals surface area contributed by atoms with Crippen LogP contribution in [0.4, 0.5) is 0 Å². The minimum Gasteiger partial charge on any atom is -0.285 e. The lowest BCUT2D eigenvalue weighted by molar-refractivity contribution is -0.357. The molecule has 0 unspecified atom stereocenters. The number of carbonyl (C=O) groups excluding carboxylic acids is 1. The molecule has 128 valence electrons. The third-order valence-electron chi connectivity index (χ3n) is 2.81. The maximum Gasteiger partial charge on any atom is 0.231 e. The zero-order chi connectivity index (χ0) is 17.9. The summed E-state index contributed by atoms with van der Waals surface area (Å²) in [5.41, 5.74) is 1.21. The van der Waals surface area contributed by atoms with Crippen molar-refractivity contribution in [2.75, 3.05) is 0 Å². The van der Waals surface area contributed by atoms with Crippen LogP contribution in [0.1, 0.15) is 48.2 Å². The molecule has 0 saturated heterocycles. The van der Waals surface area contributed by atoms with Crippen LogP contribution in [0.2, 0.25) is 5.15 Å². The number of halogens is 2. The third-order valence-corrected chi connectivity index (χ3v) is 3.91. The Hall–Kier alpha value is -1.41. The van der Waals surface area contributed by atoms with Crippen LogP contribution in [-0.2, 0) is 16.4 Å². The molecule has 2 aromatic rings. The summed E-state index contributed by atoms with van der Waals surface area (Å²) in [6.07, 6.45) is 0. The van der Waals surface area contributed by atoms with Gasteiger partial charge in [0.15, 0.2) is 5.15 Å². The fraction of sp³-hybridized carbons (Fsp3) is 0.375. The first-order chi connectivity index (χ1) is 11.2. The van der Waals surface area contributed by atoms with Crippen molar-refractivity contribution >= 4 is 33.3 Å². The highest BCUT2D eigenvalue weighted by Gasteiger charge is 2.17. The van der Waals surface area contributed by atoms with Gasteiger partial charge in [0, 0.05) is 4.47 Å². The molecule has 0 aliphatic rings. The van der Waals surface area contributed by atoms with E-state index in [9.17, 15) is 4.79 Å². The number of pyridine rings is 1. The summed E-state index contributed by atoms with van der Waals surface area (Å²) < 4.78 is 0.718. The lowest BCUT2D eigenvalue weighted by Gasteiger charge is -2.17. The summed E-state index contributed by atoms with van der Waals surface area (Å²) in [4.78, 5) is 27.2. The Morgan fingerprint density at radius 1 is 1.25 bits per heavy atom. The van der Waals surface area contributed by atoms with E-state index in [0.717, 1.165) is 4.47 Å². The van der Waals surface area contributed by atoms with Gasteiger partial charge in [0.2, 0.25) is 5.78 Å². The van der Waals surface area contributed by atoms with Crippen LogP contribution in [-0.4, -0.2) is 26.6 Å². The van der Waals surface area contributed by atoms with Crippen LogP contribution < -0.4 is 0 Å². The maximum atomic E-state index is 12.5. The molecule has 0 aromatic carbocycles. The minimum atomic E-state index is -0.434. The molecule has 24 heavy (non-hydrogen) atoms. The van der Waals surface area contributed by atoms with Crippen molar-refractivity contribution in [1.82, 2.24) is 15.2 Å². The van der Waals surface area contributed by atoms with Crippen LogP contribution in [0, 0.1) is 6.92 Å². The maximum absolute atomic E-state index is 12.5. The van der Waals surface area contributed by atoms with E-state index in [1.165, 1.54) is 0 Å². The number of ketones is 1. The molecule has 0 radical (unpaired) electrons. The quantitative estimate of drug-likeness (QED) is 0.417. The predicted octanol–water partition coefficient (Wildman–Crippen LogP) is 4.07. The molecule has 2 rings (SSSR count). The van der Waals surface area contributed by atoms with Crippen molar-refractivity contribution in [3.8, 4) is 0 Å². The van der Waals surface area contributed by atoms with Crippen molar-refractivity contribution in [3.05, 3.63) is 50.5 Å². The Kier molecular flexibility index (Phi) is 6.03. The average Bonchev–Trinajstić information content (AvgIpc) is 2.50. The highest BCUT2D eigenvalue weighted by molar-refractivity contribution is 9.10. The predicted molar refractivity (Wildman–Crippen MR) is 92.8 cm³/mol. The normalized spacial score (nSPS) is 11.6. The minimum absolute atomic E-state index is 0.101. The van der Waals surface area contributed by atoms with Gasteiger partial charge in [-0.2, -0.15) is 0 Å². The molecular weight excluding hydrogens is 398 g/mol. The van der Waals surface area contributed by atoms with Crippen molar-refractivity contribution in [2.45, 2.75) is 39.9 Å². The molecule has 0 N–H and O–H groups in total. The number of carbonyl (C=O) groups is 1. The zero-order valence-corrected chi connectivity index (χ0v) is 16.1. The van der Waals surface area contributed by atoms with Gasteiger partial charge in [-0.1, -0.05) is 11.6 Å². The van der Waals surface area contributed by atoms with Gasteiger partial charge in [-0.15, -0.1) is 10.2 Å². The van der Waals surface area contributed by atoms with Gasteiger partial charge in [0.05, 0.1) is 11.3 Å². The summed E-state index contributed by atoms with van der Waals surface area (Å²) in [7, 11) is 0. The van der Waals surface area contributed by atoms with E-state index < -0.39 is 5.60 Å². The molecule has 0 fully saturated rings. The molecule has 2 heterocycles. The lowest BCUT2D eigenvalue weighted by Crippen LogP contribution is -2.19. The average molecular weight is 415 g/mol. The Labute approximate surface area is 153 Å². The summed E-state index contributed by atoms with van der Waals surface area (Å²) >= 11 is 9.22. The Morgan fingerprint density at radius 2 is 1.96 bits per heavy atom. The van der Waals surface area contributed by atoms with E-state index in [2.05, 4.69) is 31.1 Å². The first kappa shape index (κ1) is 18.9. The monoisotopic (exact) mass is 413 g/mol. The van der Waals surface area contributed by atoms with Crippen molar-refractivity contribution in [2.24, 2.45) is 0 Å². The van der Waals surface area contributed by atoms with Gasteiger partial charge in [0.25, 0.3) is 0 Å². The van der Waals surface area contributed by atoms with Crippen LogP contribution in [0.5, 0.6) is 0 Å².